The average molecular weight is 416 g/mol. The van der Waals surface area contributed by atoms with E-state index < -0.39 is 5.97 Å². The first-order chi connectivity index (χ1) is 12.0. The van der Waals surface area contributed by atoms with Gasteiger partial charge in [0.05, 0.1) is 5.97 Å². The first-order valence-electron chi connectivity index (χ1n) is 7.12. The quantitative estimate of drug-likeness (QED) is 0.248. The number of carboxylic acid groups (broad SMARTS) is 1. The number of aromatic carboxylic acids is 1. The molecule has 3 aromatic heterocycles. The number of halogens is 1. The fourth-order valence-electron chi connectivity index (χ4n) is 2.48. The maximum Gasteiger partial charge on any atom is 1.00 e. The number of carboxylic acids is 1. The summed E-state index contributed by atoms with van der Waals surface area (Å²) in [6.07, 6.45) is 3.58. The summed E-state index contributed by atoms with van der Waals surface area (Å²) in [5.74, 6) is -0.794. The first-order valence-corrected chi connectivity index (χ1v) is 7.90. The van der Waals surface area contributed by atoms with Crippen LogP contribution in [-0.2, 0) is 12.6 Å². The minimum absolute atomic E-state index is 0. The van der Waals surface area contributed by atoms with E-state index in [9.17, 15) is 9.90 Å². The first kappa shape index (κ1) is 22.3. The molecule has 0 aliphatic rings. The molecule has 3 heterocycles. The molecule has 0 unspecified atom stereocenters. The molecule has 0 radical (unpaired) electrons. The van der Waals surface area contributed by atoms with Crippen LogP contribution in [0, 0.1) is 0 Å². The Morgan fingerprint density at radius 2 is 1.81 bits per heavy atom. The van der Waals surface area contributed by atoms with Gasteiger partial charge in [-0.05, 0) is 23.8 Å². The topological polar surface area (TPSA) is 88.1 Å². The predicted molar refractivity (Wildman–Crippen MR) is 90.5 cm³/mol. The standard InChI is InChI=1S/C16H10ClN5O2S.2Na/c17-10-5-6-21-8-12(18-13(21)7-10)14-19-20-16(25)22(14)11-3-1-9(2-4-11)15(23)24;;/h1-8H,(H,20,25)(H,23,24);;/q;2*+1/p-2. The number of benzene rings is 1. The van der Waals surface area contributed by atoms with Crippen molar-refractivity contribution in [3.63, 3.8) is 0 Å². The van der Waals surface area contributed by atoms with E-state index >= 15 is 0 Å². The Morgan fingerprint density at radius 3 is 2.48 bits per heavy atom. The largest absolute Gasteiger partial charge is 1.00 e. The van der Waals surface area contributed by atoms with Crippen molar-refractivity contribution in [2.75, 3.05) is 0 Å². The Kier molecular flexibility index (Phi) is 7.46. The number of fused-ring (bicyclic) bond motifs is 1. The molecular weight excluding hydrogens is 408 g/mol. The summed E-state index contributed by atoms with van der Waals surface area (Å²) in [6.45, 7) is 0. The Bertz CT molecular complexity index is 1110. The van der Waals surface area contributed by atoms with Gasteiger partial charge < -0.3 is 26.9 Å². The van der Waals surface area contributed by atoms with E-state index in [1.54, 1.807) is 41.2 Å². The third-order valence-corrected chi connectivity index (χ3v) is 4.15. The number of hydrogen-bond acceptors (Lipinski definition) is 6. The third kappa shape index (κ3) is 4.38. The van der Waals surface area contributed by atoms with E-state index in [4.69, 9.17) is 24.2 Å². The Morgan fingerprint density at radius 1 is 1.11 bits per heavy atom. The van der Waals surface area contributed by atoms with Crippen LogP contribution >= 0.6 is 11.6 Å². The van der Waals surface area contributed by atoms with Crippen LogP contribution in [-0.4, -0.2) is 30.1 Å². The molecule has 124 valence electrons. The number of pyridine rings is 1. The van der Waals surface area contributed by atoms with Gasteiger partial charge in [-0.3, -0.25) is 4.57 Å². The molecule has 0 N–H and O–H groups in total. The van der Waals surface area contributed by atoms with Gasteiger partial charge >= 0.3 is 59.1 Å². The maximum absolute atomic E-state index is 10.9. The van der Waals surface area contributed by atoms with Gasteiger partial charge in [0, 0.05) is 34.3 Å². The minimum atomic E-state index is -1.24. The van der Waals surface area contributed by atoms with Crippen molar-refractivity contribution in [3.05, 3.63) is 59.4 Å². The smallest absolute Gasteiger partial charge is 0.740 e. The molecule has 0 saturated heterocycles. The second kappa shape index (κ2) is 9.02. The zero-order valence-corrected chi connectivity index (χ0v) is 20.0. The molecule has 0 spiro atoms. The van der Waals surface area contributed by atoms with Crippen molar-refractivity contribution >= 4 is 35.8 Å². The molecule has 0 fully saturated rings. The summed E-state index contributed by atoms with van der Waals surface area (Å²) in [6, 6.07) is 9.58. The zero-order valence-electron chi connectivity index (χ0n) is 14.5. The molecule has 0 aliphatic heterocycles. The van der Waals surface area contributed by atoms with Crippen molar-refractivity contribution < 1.29 is 69.0 Å². The molecule has 4 rings (SSSR count). The van der Waals surface area contributed by atoms with E-state index in [0.717, 1.165) is 0 Å². The average Bonchev–Trinajstić information content (AvgIpc) is 3.17. The molecule has 7 nitrogen and oxygen atoms in total. The van der Waals surface area contributed by atoms with Gasteiger partial charge in [0.1, 0.15) is 11.3 Å². The predicted octanol–water partition coefficient (Wildman–Crippen LogP) is -4.49. The fourth-order valence-corrected chi connectivity index (χ4v) is 2.87. The molecule has 0 bridgehead atoms. The molecule has 0 saturated carbocycles. The Labute approximate surface area is 208 Å². The van der Waals surface area contributed by atoms with Crippen LogP contribution in [0.4, 0.5) is 0 Å². The summed E-state index contributed by atoms with van der Waals surface area (Å²) in [5.41, 5.74) is 1.93. The normalized spacial score (nSPS) is 10.3. The minimum Gasteiger partial charge on any atom is -0.740 e. The van der Waals surface area contributed by atoms with E-state index in [0.29, 0.717) is 27.9 Å². The monoisotopic (exact) mass is 415 g/mol. The van der Waals surface area contributed by atoms with Crippen LogP contribution in [0.15, 0.2) is 53.9 Å². The molecule has 1 aromatic carbocycles. The fraction of sp³-hybridized carbons (Fsp3) is 0. The molecule has 0 amide bonds. The number of imidazole rings is 1. The molecule has 27 heavy (non-hydrogen) atoms. The number of nitrogens with zero attached hydrogens (tertiary/aromatic N) is 5. The Balaban J connectivity index is 0.00000131. The number of aromatic nitrogens is 5. The summed E-state index contributed by atoms with van der Waals surface area (Å²) in [5, 5.41) is 19.8. The number of rotatable bonds is 3. The van der Waals surface area contributed by atoms with Gasteiger partial charge in [0.2, 0.25) is 0 Å². The Hall–Kier alpha value is -0.970. The van der Waals surface area contributed by atoms with E-state index in [1.165, 1.54) is 12.1 Å². The van der Waals surface area contributed by atoms with Crippen LogP contribution in [0.5, 0.6) is 0 Å². The molecule has 4 aromatic rings. The van der Waals surface area contributed by atoms with E-state index in [-0.39, 0.29) is 69.8 Å². The van der Waals surface area contributed by atoms with E-state index in [1.807, 2.05) is 4.40 Å². The third-order valence-electron chi connectivity index (χ3n) is 3.65. The van der Waals surface area contributed by atoms with Gasteiger partial charge in [-0.15, -0.1) is 5.10 Å². The number of carbonyl (C=O) groups excluding carboxylic acids is 1. The summed E-state index contributed by atoms with van der Waals surface area (Å²) in [7, 11) is 0. The second-order valence-electron chi connectivity index (χ2n) is 5.21. The maximum atomic E-state index is 10.9. The zero-order chi connectivity index (χ0) is 17.6. The molecule has 11 heteroatoms. The molecule has 0 aliphatic carbocycles. The van der Waals surface area contributed by atoms with Gasteiger partial charge in [-0.1, -0.05) is 23.7 Å². The summed E-state index contributed by atoms with van der Waals surface area (Å²) < 4.78 is 3.43. The van der Waals surface area contributed by atoms with Crippen molar-refractivity contribution in [3.8, 4) is 17.2 Å². The molecule has 0 atom stereocenters. The van der Waals surface area contributed by atoms with Gasteiger partial charge in [0.25, 0.3) is 0 Å². The van der Waals surface area contributed by atoms with Crippen LogP contribution in [0.1, 0.15) is 10.4 Å². The van der Waals surface area contributed by atoms with Crippen LogP contribution < -0.4 is 64.2 Å². The van der Waals surface area contributed by atoms with Crippen molar-refractivity contribution in [2.45, 2.75) is 5.16 Å². The van der Waals surface area contributed by atoms with E-state index in [2.05, 4.69) is 15.2 Å². The number of hydrogen-bond donors (Lipinski definition) is 0. The SMILES string of the molecule is O=C([O-])c1ccc(-n2c([S-])nnc2-c2cn3ccc(Cl)cc3n2)cc1.[Na+].[Na+]. The summed E-state index contributed by atoms with van der Waals surface area (Å²) >= 11 is 11.2. The van der Waals surface area contributed by atoms with Gasteiger partial charge in [-0.2, -0.15) is 5.10 Å². The second-order valence-corrected chi connectivity index (χ2v) is 6.01. The summed E-state index contributed by atoms with van der Waals surface area (Å²) in [4.78, 5) is 15.4. The molecular formula is C16H8ClN5Na2O2S. The number of carbonyl (C=O) groups is 1. The van der Waals surface area contributed by atoms with Crippen LogP contribution in [0.25, 0.3) is 22.9 Å². The van der Waals surface area contributed by atoms with Crippen molar-refractivity contribution in [1.82, 2.24) is 24.1 Å². The van der Waals surface area contributed by atoms with Crippen LogP contribution in [0.2, 0.25) is 5.02 Å². The van der Waals surface area contributed by atoms with Crippen LogP contribution in [0.3, 0.4) is 0 Å². The van der Waals surface area contributed by atoms with Crippen molar-refractivity contribution in [2.24, 2.45) is 0 Å². The van der Waals surface area contributed by atoms with Gasteiger partial charge in [0.15, 0.2) is 5.82 Å². The van der Waals surface area contributed by atoms with Gasteiger partial charge in [-0.25, -0.2) is 4.98 Å². The van der Waals surface area contributed by atoms with Crippen molar-refractivity contribution in [1.29, 1.82) is 0 Å².